The highest BCUT2D eigenvalue weighted by molar-refractivity contribution is 5.75. The van der Waals surface area contributed by atoms with Crippen molar-refractivity contribution in [3.8, 4) is 11.5 Å². The van der Waals surface area contributed by atoms with Crippen molar-refractivity contribution < 1.29 is 19.1 Å². The number of amides is 2. The molecule has 1 rings (SSSR count). The van der Waals surface area contributed by atoms with Crippen LogP contribution in [0, 0.1) is 0 Å². The predicted molar refractivity (Wildman–Crippen MR) is 75.4 cm³/mol. The van der Waals surface area contributed by atoms with Gasteiger partial charge in [0.1, 0.15) is 0 Å². The van der Waals surface area contributed by atoms with Crippen LogP contribution in [-0.2, 0) is 9.59 Å². The molecular formula is C14H18N2O4. The molecule has 0 unspecified atom stereocenters. The van der Waals surface area contributed by atoms with Gasteiger partial charge in [-0.05, 0) is 17.7 Å². The van der Waals surface area contributed by atoms with E-state index in [1.165, 1.54) is 14.0 Å². The second kappa shape index (κ2) is 7.83. The fourth-order valence-corrected chi connectivity index (χ4v) is 1.45. The molecule has 0 atom stereocenters. The Balaban J connectivity index is 2.71. The largest absolute Gasteiger partial charge is 0.493 e. The van der Waals surface area contributed by atoms with Crippen molar-refractivity contribution in [2.75, 3.05) is 20.3 Å². The molecule has 0 fully saturated rings. The summed E-state index contributed by atoms with van der Waals surface area (Å²) in [5.74, 6) is 0.326. The molecule has 0 aliphatic carbocycles. The van der Waals surface area contributed by atoms with Gasteiger partial charge in [0.15, 0.2) is 18.1 Å². The lowest BCUT2D eigenvalue weighted by atomic mass is 10.2. The van der Waals surface area contributed by atoms with Crippen LogP contribution in [0.15, 0.2) is 24.3 Å². The van der Waals surface area contributed by atoms with Crippen molar-refractivity contribution in [2.24, 2.45) is 5.73 Å². The Bertz CT molecular complexity index is 512. The van der Waals surface area contributed by atoms with Gasteiger partial charge in [0.2, 0.25) is 5.91 Å². The predicted octanol–water partition coefficient (Wildman–Crippen LogP) is 0.709. The summed E-state index contributed by atoms with van der Waals surface area (Å²) >= 11 is 0. The lowest BCUT2D eigenvalue weighted by Gasteiger charge is -2.09. The molecule has 0 aliphatic heterocycles. The van der Waals surface area contributed by atoms with E-state index in [2.05, 4.69) is 5.32 Å². The first-order chi connectivity index (χ1) is 9.52. The van der Waals surface area contributed by atoms with E-state index in [0.717, 1.165) is 5.56 Å². The van der Waals surface area contributed by atoms with Crippen molar-refractivity contribution in [2.45, 2.75) is 6.92 Å². The van der Waals surface area contributed by atoms with E-state index >= 15 is 0 Å². The summed E-state index contributed by atoms with van der Waals surface area (Å²) in [7, 11) is 1.51. The maximum atomic E-state index is 10.7. The molecule has 3 N–H and O–H groups in total. The van der Waals surface area contributed by atoms with Crippen molar-refractivity contribution in [3.63, 3.8) is 0 Å². The molecule has 0 aliphatic rings. The first kappa shape index (κ1) is 15.6. The zero-order valence-corrected chi connectivity index (χ0v) is 11.5. The first-order valence-electron chi connectivity index (χ1n) is 6.03. The van der Waals surface area contributed by atoms with Crippen LogP contribution < -0.4 is 20.5 Å². The average Bonchev–Trinajstić information content (AvgIpc) is 2.41. The molecule has 1 aromatic rings. The van der Waals surface area contributed by atoms with Crippen LogP contribution in [0.2, 0.25) is 0 Å². The highest BCUT2D eigenvalue weighted by atomic mass is 16.5. The molecule has 0 radical (unpaired) electrons. The number of nitrogens with two attached hydrogens (primary N) is 1. The van der Waals surface area contributed by atoms with Gasteiger partial charge in [-0.2, -0.15) is 0 Å². The van der Waals surface area contributed by atoms with Crippen molar-refractivity contribution in [1.82, 2.24) is 5.32 Å². The van der Waals surface area contributed by atoms with Crippen LogP contribution in [0.1, 0.15) is 12.5 Å². The Kier molecular flexibility index (Phi) is 6.09. The second-order valence-electron chi connectivity index (χ2n) is 4.00. The lowest BCUT2D eigenvalue weighted by molar-refractivity contribution is -0.120. The molecule has 0 heterocycles. The zero-order chi connectivity index (χ0) is 15.0. The Morgan fingerprint density at radius 1 is 1.35 bits per heavy atom. The maximum absolute atomic E-state index is 10.7. The minimum absolute atomic E-state index is 0.0811. The summed E-state index contributed by atoms with van der Waals surface area (Å²) in [5, 5.41) is 2.66. The molecule has 0 bridgehead atoms. The number of benzene rings is 1. The summed E-state index contributed by atoms with van der Waals surface area (Å²) in [6.45, 7) is 1.72. The molecule has 20 heavy (non-hydrogen) atoms. The normalized spacial score (nSPS) is 10.3. The number of rotatable bonds is 7. The topological polar surface area (TPSA) is 90.7 Å². The summed E-state index contributed by atoms with van der Waals surface area (Å²) in [6.07, 6.45) is 3.66. The van der Waals surface area contributed by atoms with Crippen LogP contribution in [0.3, 0.4) is 0 Å². The molecule has 108 valence electrons. The summed E-state index contributed by atoms with van der Waals surface area (Å²) < 4.78 is 10.4. The van der Waals surface area contributed by atoms with E-state index < -0.39 is 5.91 Å². The van der Waals surface area contributed by atoms with Gasteiger partial charge in [0, 0.05) is 13.5 Å². The average molecular weight is 278 g/mol. The highest BCUT2D eigenvalue weighted by Gasteiger charge is 2.06. The third-order valence-corrected chi connectivity index (χ3v) is 2.34. The van der Waals surface area contributed by atoms with Gasteiger partial charge >= 0.3 is 0 Å². The third-order valence-electron chi connectivity index (χ3n) is 2.34. The van der Waals surface area contributed by atoms with Crippen LogP contribution in [-0.4, -0.2) is 32.1 Å². The van der Waals surface area contributed by atoms with Crippen LogP contribution in [0.4, 0.5) is 0 Å². The number of carbonyl (C=O) groups is 2. The van der Waals surface area contributed by atoms with Crippen LogP contribution in [0.25, 0.3) is 6.08 Å². The summed E-state index contributed by atoms with van der Waals surface area (Å²) in [6, 6.07) is 5.27. The first-order valence-corrected chi connectivity index (χ1v) is 6.03. The van der Waals surface area contributed by atoms with Gasteiger partial charge < -0.3 is 20.5 Å². The van der Waals surface area contributed by atoms with Crippen molar-refractivity contribution in [1.29, 1.82) is 0 Å². The smallest absolute Gasteiger partial charge is 0.255 e. The Morgan fingerprint density at radius 3 is 2.70 bits per heavy atom. The molecular weight excluding hydrogens is 260 g/mol. The van der Waals surface area contributed by atoms with Crippen molar-refractivity contribution in [3.05, 3.63) is 29.8 Å². The molecule has 0 spiro atoms. The van der Waals surface area contributed by atoms with Crippen LogP contribution >= 0.6 is 0 Å². The van der Waals surface area contributed by atoms with E-state index in [0.29, 0.717) is 18.0 Å². The molecule has 6 heteroatoms. The zero-order valence-electron chi connectivity index (χ0n) is 11.5. The van der Waals surface area contributed by atoms with E-state index in [4.69, 9.17) is 15.2 Å². The number of methoxy groups -OCH3 is 1. The van der Waals surface area contributed by atoms with E-state index in [1.54, 1.807) is 12.1 Å². The quantitative estimate of drug-likeness (QED) is 0.768. The number of ether oxygens (including phenoxy) is 2. The number of primary amides is 1. The third kappa shape index (κ3) is 5.43. The highest BCUT2D eigenvalue weighted by Crippen LogP contribution is 2.28. The lowest BCUT2D eigenvalue weighted by Crippen LogP contribution is -2.20. The monoisotopic (exact) mass is 278 g/mol. The van der Waals surface area contributed by atoms with E-state index in [-0.39, 0.29) is 12.5 Å². The fraction of sp³-hybridized carbons (Fsp3) is 0.286. The Hall–Kier alpha value is -2.50. The SMILES string of the molecule is COc1cc(C=CCNC(C)=O)ccc1OCC(N)=O. The Labute approximate surface area is 117 Å². The van der Waals surface area contributed by atoms with Gasteiger partial charge in [0.25, 0.3) is 5.91 Å². The molecule has 0 aromatic heterocycles. The van der Waals surface area contributed by atoms with Crippen LogP contribution in [0.5, 0.6) is 11.5 Å². The number of hydrogen-bond donors (Lipinski definition) is 2. The number of carbonyl (C=O) groups excluding carboxylic acids is 2. The standard InChI is InChI=1S/C14H18N2O4/c1-10(17)16-7-3-4-11-5-6-12(13(8-11)19-2)20-9-14(15)18/h3-6,8H,7,9H2,1-2H3,(H2,15,18)(H,16,17). The fourth-order valence-electron chi connectivity index (χ4n) is 1.45. The Morgan fingerprint density at radius 2 is 2.10 bits per heavy atom. The summed E-state index contributed by atoms with van der Waals surface area (Å²) in [4.78, 5) is 21.4. The van der Waals surface area contributed by atoms with Gasteiger partial charge in [-0.1, -0.05) is 18.2 Å². The number of hydrogen-bond acceptors (Lipinski definition) is 4. The van der Waals surface area contributed by atoms with E-state index in [1.807, 2.05) is 18.2 Å². The van der Waals surface area contributed by atoms with Gasteiger partial charge in [-0.25, -0.2) is 0 Å². The van der Waals surface area contributed by atoms with Crippen molar-refractivity contribution >= 4 is 17.9 Å². The van der Waals surface area contributed by atoms with E-state index in [9.17, 15) is 9.59 Å². The molecule has 2 amide bonds. The molecule has 0 saturated carbocycles. The van der Waals surface area contributed by atoms with Gasteiger partial charge in [-0.15, -0.1) is 0 Å². The molecule has 1 aromatic carbocycles. The minimum Gasteiger partial charge on any atom is -0.493 e. The number of nitrogens with one attached hydrogen (secondary N) is 1. The minimum atomic E-state index is -0.550. The molecule has 6 nitrogen and oxygen atoms in total. The van der Waals surface area contributed by atoms with Gasteiger partial charge in [-0.3, -0.25) is 9.59 Å². The van der Waals surface area contributed by atoms with Gasteiger partial charge in [0.05, 0.1) is 7.11 Å². The second-order valence-corrected chi connectivity index (χ2v) is 4.00. The summed E-state index contributed by atoms with van der Waals surface area (Å²) in [5.41, 5.74) is 5.90. The maximum Gasteiger partial charge on any atom is 0.255 e. The molecule has 0 saturated heterocycles.